The van der Waals surface area contributed by atoms with Gasteiger partial charge in [-0.25, -0.2) is 0 Å². The van der Waals surface area contributed by atoms with Crippen molar-refractivity contribution in [1.29, 1.82) is 0 Å². The molecule has 2 nitrogen and oxygen atoms in total. The van der Waals surface area contributed by atoms with E-state index in [-0.39, 0.29) is 0 Å². The first-order chi connectivity index (χ1) is 6.18. The van der Waals surface area contributed by atoms with Crippen LogP contribution < -0.4 is 0 Å². The predicted molar refractivity (Wildman–Crippen MR) is 58.3 cm³/mol. The molecule has 0 aliphatic carbocycles. The lowest BCUT2D eigenvalue weighted by Gasteiger charge is -2.09. The molecule has 0 radical (unpaired) electrons. The van der Waals surface area contributed by atoms with Crippen LogP contribution >= 0.6 is 22.6 Å². The number of hydrogen-bond donors (Lipinski definition) is 1. The maximum Gasteiger partial charge on any atom is 0.0772 e. The summed E-state index contributed by atoms with van der Waals surface area (Å²) in [6, 6.07) is 4.15. The van der Waals surface area contributed by atoms with Crippen LogP contribution in [-0.2, 0) is 18.0 Å². The van der Waals surface area contributed by atoms with Crippen LogP contribution in [0.25, 0.3) is 0 Å². The molecule has 13 heavy (non-hydrogen) atoms. The van der Waals surface area contributed by atoms with Gasteiger partial charge in [0, 0.05) is 3.57 Å². The first-order valence-corrected chi connectivity index (χ1v) is 5.33. The molecule has 1 unspecified atom stereocenters. The van der Waals surface area contributed by atoms with Crippen LogP contribution in [0.4, 0.5) is 0 Å². The number of ether oxygens (including phenoxy) is 1. The van der Waals surface area contributed by atoms with Gasteiger partial charge in [-0.1, -0.05) is 0 Å². The minimum Gasteiger partial charge on any atom is -0.389 e. The smallest absolute Gasteiger partial charge is 0.0772 e. The van der Waals surface area contributed by atoms with Gasteiger partial charge in [0.1, 0.15) is 0 Å². The van der Waals surface area contributed by atoms with Gasteiger partial charge >= 0.3 is 0 Å². The zero-order valence-electron chi connectivity index (χ0n) is 7.38. The third-order valence-corrected chi connectivity index (χ3v) is 3.22. The molecule has 1 atom stereocenters. The van der Waals surface area contributed by atoms with Crippen LogP contribution in [-0.4, -0.2) is 5.11 Å². The fourth-order valence-electron chi connectivity index (χ4n) is 1.54. The molecule has 1 aromatic carbocycles. The standard InChI is InChI=1S/C10H11IO2/c1-6(12)9-2-7-4-13-5-8(7)3-10(9)11/h2-3,6,12H,4-5H2,1H3. The fourth-order valence-corrected chi connectivity index (χ4v) is 2.52. The summed E-state index contributed by atoms with van der Waals surface area (Å²) in [5.41, 5.74) is 3.48. The second-order valence-corrected chi connectivity index (χ2v) is 4.47. The van der Waals surface area contributed by atoms with Crippen LogP contribution in [0.15, 0.2) is 12.1 Å². The lowest BCUT2D eigenvalue weighted by atomic mass is 10.0. The zero-order chi connectivity index (χ0) is 9.42. The highest BCUT2D eigenvalue weighted by atomic mass is 127. The molecule has 0 aromatic heterocycles. The van der Waals surface area contributed by atoms with E-state index in [0.29, 0.717) is 13.2 Å². The van der Waals surface area contributed by atoms with Crippen LogP contribution in [0.2, 0.25) is 0 Å². The second-order valence-electron chi connectivity index (χ2n) is 3.31. The largest absolute Gasteiger partial charge is 0.389 e. The highest BCUT2D eigenvalue weighted by Crippen LogP contribution is 2.28. The van der Waals surface area contributed by atoms with Gasteiger partial charge in [-0.15, -0.1) is 0 Å². The fraction of sp³-hybridized carbons (Fsp3) is 0.400. The molecule has 1 N–H and O–H groups in total. The van der Waals surface area contributed by atoms with Crippen molar-refractivity contribution in [2.45, 2.75) is 26.2 Å². The van der Waals surface area contributed by atoms with Gasteiger partial charge in [0.25, 0.3) is 0 Å². The monoisotopic (exact) mass is 290 g/mol. The Balaban J connectivity index is 2.49. The number of hydrogen-bond acceptors (Lipinski definition) is 2. The number of rotatable bonds is 1. The van der Waals surface area contributed by atoms with Crippen molar-refractivity contribution in [3.8, 4) is 0 Å². The molecule has 1 aromatic rings. The summed E-state index contributed by atoms with van der Waals surface area (Å²) in [5, 5.41) is 9.49. The highest BCUT2D eigenvalue weighted by Gasteiger charge is 2.15. The van der Waals surface area contributed by atoms with E-state index >= 15 is 0 Å². The highest BCUT2D eigenvalue weighted by molar-refractivity contribution is 14.1. The zero-order valence-corrected chi connectivity index (χ0v) is 9.54. The average molecular weight is 290 g/mol. The van der Waals surface area contributed by atoms with E-state index in [1.165, 1.54) is 11.1 Å². The Morgan fingerprint density at radius 3 is 2.62 bits per heavy atom. The number of aliphatic hydroxyl groups excluding tert-OH is 1. The lowest BCUT2D eigenvalue weighted by molar-refractivity contribution is 0.134. The minimum absolute atomic E-state index is 0.391. The second kappa shape index (κ2) is 3.55. The van der Waals surface area contributed by atoms with E-state index in [2.05, 4.69) is 34.7 Å². The maximum absolute atomic E-state index is 9.49. The van der Waals surface area contributed by atoms with Crippen molar-refractivity contribution in [2.75, 3.05) is 0 Å². The van der Waals surface area contributed by atoms with Gasteiger partial charge in [0.15, 0.2) is 0 Å². The Labute approximate surface area is 91.1 Å². The van der Waals surface area contributed by atoms with E-state index < -0.39 is 6.10 Å². The molecular formula is C10H11IO2. The molecule has 70 valence electrons. The summed E-state index contributed by atoms with van der Waals surface area (Å²) < 4.78 is 6.44. The third kappa shape index (κ3) is 1.73. The molecule has 1 heterocycles. The third-order valence-electron chi connectivity index (χ3n) is 2.28. The van der Waals surface area contributed by atoms with Crippen LogP contribution in [0.3, 0.4) is 0 Å². The van der Waals surface area contributed by atoms with Gasteiger partial charge < -0.3 is 9.84 Å². The van der Waals surface area contributed by atoms with Gasteiger partial charge in [-0.3, -0.25) is 0 Å². The molecule has 0 bridgehead atoms. The van der Waals surface area contributed by atoms with Gasteiger partial charge in [0.05, 0.1) is 19.3 Å². The molecule has 0 saturated heterocycles. The summed E-state index contributed by atoms with van der Waals surface area (Å²) in [6.07, 6.45) is -0.391. The lowest BCUT2D eigenvalue weighted by Crippen LogP contribution is -1.97. The van der Waals surface area contributed by atoms with Crippen LogP contribution in [0.5, 0.6) is 0 Å². The van der Waals surface area contributed by atoms with E-state index in [1.54, 1.807) is 6.92 Å². The Kier molecular flexibility index (Phi) is 2.58. The van der Waals surface area contributed by atoms with Crippen molar-refractivity contribution in [1.82, 2.24) is 0 Å². The Bertz CT molecular complexity index is 334. The molecule has 2 rings (SSSR count). The molecule has 0 amide bonds. The quantitative estimate of drug-likeness (QED) is 0.805. The number of halogens is 1. The normalized spacial score (nSPS) is 17.2. The van der Waals surface area contributed by atoms with Gasteiger partial charge in [-0.05, 0) is 58.3 Å². The predicted octanol–water partition coefficient (Wildman–Crippen LogP) is 2.37. The topological polar surface area (TPSA) is 29.5 Å². The van der Waals surface area contributed by atoms with E-state index in [9.17, 15) is 5.11 Å². The Morgan fingerprint density at radius 2 is 2.00 bits per heavy atom. The summed E-state index contributed by atoms with van der Waals surface area (Å²) >= 11 is 2.25. The van der Waals surface area contributed by atoms with Crippen molar-refractivity contribution >= 4 is 22.6 Å². The van der Waals surface area contributed by atoms with Crippen molar-refractivity contribution in [2.24, 2.45) is 0 Å². The molecule has 1 aliphatic rings. The summed E-state index contributed by atoms with van der Waals surface area (Å²) in [6.45, 7) is 3.19. The maximum atomic E-state index is 9.49. The molecular weight excluding hydrogens is 279 g/mol. The first-order valence-electron chi connectivity index (χ1n) is 4.25. The Morgan fingerprint density at radius 1 is 1.38 bits per heavy atom. The summed E-state index contributed by atoms with van der Waals surface area (Å²) in [4.78, 5) is 0. The van der Waals surface area contributed by atoms with Gasteiger partial charge in [0.2, 0.25) is 0 Å². The van der Waals surface area contributed by atoms with Crippen molar-refractivity contribution in [3.63, 3.8) is 0 Å². The molecule has 1 aliphatic heterocycles. The minimum atomic E-state index is -0.391. The molecule has 3 heteroatoms. The summed E-state index contributed by atoms with van der Waals surface area (Å²) in [7, 11) is 0. The number of benzene rings is 1. The van der Waals surface area contributed by atoms with E-state index in [0.717, 1.165) is 9.13 Å². The van der Waals surface area contributed by atoms with Gasteiger partial charge in [-0.2, -0.15) is 0 Å². The molecule has 0 fully saturated rings. The summed E-state index contributed by atoms with van der Waals surface area (Å²) in [5.74, 6) is 0. The Hall–Kier alpha value is -0.130. The number of aliphatic hydroxyl groups is 1. The SMILES string of the molecule is CC(O)c1cc2c(cc1I)COC2. The van der Waals surface area contributed by atoms with Crippen molar-refractivity contribution < 1.29 is 9.84 Å². The number of fused-ring (bicyclic) bond motifs is 1. The van der Waals surface area contributed by atoms with Crippen LogP contribution in [0.1, 0.15) is 29.7 Å². The van der Waals surface area contributed by atoms with E-state index in [1.807, 2.05) is 0 Å². The molecule has 0 saturated carbocycles. The first kappa shape index (κ1) is 9.43. The molecule has 0 spiro atoms. The average Bonchev–Trinajstić information content (AvgIpc) is 2.48. The van der Waals surface area contributed by atoms with Crippen molar-refractivity contribution in [3.05, 3.63) is 32.4 Å². The van der Waals surface area contributed by atoms with E-state index in [4.69, 9.17) is 4.74 Å². The van der Waals surface area contributed by atoms with Crippen LogP contribution in [0, 0.1) is 3.57 Å².